The first kappa shape index (κ1) is 75.7. The Hall–Kier alpha value is -4.36. The molecule has 474 valence electrons. The van der Waals surface area contributed by atoms with Crippen LogP contribution in [-0.2, 0) is 75.3 Å². The van der Waals surface area contributed by atoms with E-state index >= 15 is 0 Å². The number of amides is 5. The van der Waals surface area contributed by atoms with Crippen molar-refractivity contribution in [2.24, 2.45) is 35.3 Å². The molecule has 0 saturated heterocycles. The molecule has 0 aliphatic rings. The minimum Gasteiger partial charge on any atom is -0.481 e. The summed E-state index contributed by atoms with van der Waals surface area (Å²) in [5.74, 6) is -8.22. The summed E-state index contributed by atoms with van der Waals surface area (Å²) >= 11 is 0. The number of nitrogens with two attached hydrogens (primary N) is 1. The Bertz CT molecular complexity index is 2630. The van der Waals surface area contributed by atoms with Gasteiger partial charge >= 0.3 is 5.97 Å². The first-order chi connectivity index (χ1) is 37.9. The van der Waals surface area contributed by atoms with Gasteiger partial charge in [0.1, 0.15) is 0 Å². The molecule has 8 N–H and O–H groups in total. The molecule has 0 radical (unpaired) electrons. The van der Waals surface area contributed by atoms with Gasteiger partial charge in [-0.2, -0.15) is 17.2 Å². The van der Waals surface area contributed by atoms with E-state index in [2.05, 4.69) is 26.6 Å². The minimum atomic E-state index is -4.36. The molecule has 0 fully saturated rings. The number of nitrogens with one attached hydrogen (secondary N) is 5. The molecule has 5 amide bonds. The summed E-state index contributed by atoms with van der Waals surface area (Å²) in [6, 6.07) is 4.65. The highest BCUT2D eigenvalue weighted by Crippen LogP contribution is 2.18. The maximum absolute atomic E-state index is 14.5. The Morgan fingerprint density at radius 3 is 1.20 bits per heavy atom. The molecule has 0 bridgehead atoms. The number of likely N-dealkylation sites (N-methyl/N-ethyl adjacent to an activating group) is 1. The van der Waals surface area contributed by atoms with Crippen LogP contribution in [0.25, 0.3) is 0 Å². The van der Waals surface area contributed by atoms with Crippen molar-refractivity contribution < 1.29 is 67.5 Å². The summed E-state index contributed by atoms with van der Waals surface area (Å²) in [4.78, 5) is 79.2. The van der Waals surface area contributed by atoms with Gasteiger partial charge < -0.3 is 37.4 Å². The van der Waals surface area contributed by atoms with Crippen LogP contribution >= 0.6 is 0 Å². The van der Waals surface area contributed by atoms with E-state index in [1.54, 1.807) is 85.7 Å². The van der Waals surface area contributed by atoms with Gasteiger partial charge in [0.15, 0.2) is 0 Å². The lowest BCUT2D eigenvalue weighted by Gasteiger charge is -2.32. The molecule has 0 aromatic heterocycles. The van der Waals surface area contributed by atoms with Gasteiger partial charge in [0, 0.05) is 70.7 Å². The Labute approximate surface area is 490 Å². The van der Waals surface area contributed by atoms with Gasteiger partial charge in [-0.1, -0.05) is 106 Å². The zero-order valence-electron chi connectivity index (χ0n) is 50.4. The van der Waals surface area contributed by atoms with E-state index in [0.717, 1.165) is 17.2 Å². The minimum absolute atomic E-state index is 0.0257. The predicted molar refractivity (Wildman–Crippen MR) is 318 cm³/mol. The number of sulfonamides is 4. The van der Waals surface area contributed by atoms with Crippen molar-refractivity contribution in [3.63, 3.8) is 0 Å². The molecule has 0 heterocycles. The van der Waals surface area contributed by atoms with Crippen LogP contribution in [-0.4, -0.2) is 205 Å². The molecular weight excluding hydrogens is 1140 g/mol. The number of carboxylic acid groups (broad SMARTS) is 1. The maximum atomic E-state index is 14.5. The van der Waals surface area contributed by atoms with E-state index < -0.39 is 175 Å². The number of benzene rings is 1. The molecule has 4 atom stereocenters. The fourth-order valence-corrected chi connectivity index (χ4v) is 16.2. The molecule has 0 aliphatic carbocycles. The summed E-state index contributed by atoms with van der Waals surface area (Å²) < 4.78 is 116. The molecule has 1 aromatic rings. The summed E-state index contributed by atoms with van der Waals surface area (Å²) in [5.41, 5.74) is 6.32. The second-order valence-corrected chi connectivity index (χ2v) is 31.3. The Balaban J connectivity index is 3.85. The molecule has 0 unspecified atom stereocenters. The van der Waals surface area contributed by atoms with E-state index in [4.69, 9.17) is 5.73 Å². The second-order valence-electron chi connectivity index (χ2n) is 23.3. The van der Waals surface area contributed by atoms with Gasteiger partial charge in [-0.3, -0.25) is 28.8 Å². The van der Waals surface area contributed by atoms with Gasteiger partial charge in [-0.25, -0.2) is 33.7 Å². The number of rotatable bonds is 43. The molecule has 1 aromatic carbocycles. The van der Waals surface area contributed by atoms with Crippen molar-refractivity contribution in [3.8, 4) is 0 Å². The van der Waals surface area contributed by atoms with Crippen LogP contribution in [0.4, 0.5) is 0 Å². The number of nitrogens with zero attached hydrogens (tertiary/aromatic N) is 4. The number of hydrogen-bond acceptors (Lipinski definition) is 15. The molecule has 0 aliphatic heterocycles. The van der Waals surface area contributed by atoms with Gasteiger partial charge in [-0.05, 0) is 73.8 Å². The van der Waals surface area contributed by atoms with Crippen molar-refractivity contribution in [3.05, 3.63) is 35.9 Å². The molecule has 25 nitrogen and oxygen atoms in total. The van der Waals surface area contributed by atoms with E-state index in [1.807, 2.05) is 13.8 Å². The molecule has 1 rings (SSSR count). The van der Waals surface area contributed by atoms with E-state index in [-0.39, 0.29) is 55.1 Å². The van der Waals surface area contributed by atoms with Crippen molar-refractivity contribution in [1.82, 2.24) is 43.8 Å². The standard InChI is InChI=1S/C53H98N10O15S4/c1-38(2)24-47(58-51(67)32-61(80(73,74)35-40(5)6)26-45(56-43(11)64)20-16-17-23-54)28-62(81(75,76)36-41(7)8)33-52(68)59-48(25-44-18-14-13-15-19-44)29-63(82(77,78)37-42(9)10)31-50(66)57-46(21-22-53(69)70)27-60(30-49(65)55-12)79(71,72)34-39(3)4/h13-15,18-19,38-42,45-48H,16-17,20-37,54H2,1-12H3,(H,55,65)(H,56,64)(H,57,66)(H,58,67)(H,59,68)(H,69,70)/t45-,46-,47-,48-/m0/s1. The highest BCUT2D eigenvalue weighted by molar-refractivity contribution is 7.89. The lowest BCUT2D eigenvalue weighted by molar-refractivity contribution is -0.137. The fourth-order valence-electron chi connectivity index (χ4n) is 9.08. The Morgan fingerprint density at radius 1 is 0.488 bits per heavy atom. The molecule has 0 saturated carbocycles. The van der Waals surface area contributed by atoms with Gasteiger partial charge in [0.05, 0.1) is 49.2 Å². The SMILES string of the molecule is CNC(=O)CN(C[C@H](CCC(=O)O)NC(=O)CN(C[C@H](Cc1ccccc1)NC(=O)CN(C[C@H](CC(C)C)NC(=O)CN(C[C@H](CCCCN)NC(C)=O)S(=O)(=O)CC(C)C)S(=O)(=O)CC(C)C)S(=O)(=O)CC(C)C)S(=O)(=O)CC(C)C. The number of carboxylic acids is 1. The summed E-state index contributed by atoms with van der Waals surface area (Å²) in [6.07, 6.45) is 0.899. The number of carbonyl (C=O) groups is 6. The van der Waals surface area contributed by atoms with E-state index in [1.165, 1.54) is 14.0 Å². The van der Waals surface area contributed by atoms with Crippen molar-refractivity contribution in [1.29, 1.82) is 0 Å². The third-order valence-corrected chi connectivity index (χ3v) is 20.9. The Kier molecular flexibility index (Phi) is 33.7. The molecule has 82 heavy (non-hydrogen) atoms. The van der Waals surface area contributed by atoms with Crippen LogP contribution in [0.3, 0.4) is 0 Å². The normalized spacial score (nSPS) is 14.2. The number of aliphatic carboxylic acids is 1. The first-order valence-corrected chi connectivity index (χ1v) is 34.6. The van der Waals surface area contributed by atoms with Gasteiger partial charge in [-0.15, -0.1) is 0 Å². The fraction of sp³-hybridized carbons (Fsp3) is 0.774. The monoisotopic (exact) mass is 1240 g/mol. The average Bonchev–Trinajstić information content (AvgIpc) is 3.48. The second kappa shape index (κ2) is 36.5. The lowest BCUT2D eigenvalue weighted by Crippen LogP contribution is -2.55. The maximum Gasteiger partial charge on any atom is 0.303 e. The lowest BCUT2D eigenvalue weighted by atomic mass is 10.0. The van der Waals surface area contributed by atoms with Crippen LogP contribution in [0, 0.1) is 29.6 Å². The third kappa shape index (κ3) is 31.5. The molecular formula is C53H98N10O15S4. The summed E-state index contributed by atoms with van der Waals surface area (Å²) in [5, 5.41) is 23.0. The number of carbonyl (C=O) groups excluding carboxylic acids is 5. The predicted octanol–water partition coefficient (Wildman–Crippen LogP) is 1.13. The van der Waals surface area contributed by atoms with E-state index in [9.17, 15) is 67.5 Å². The largest absolute Gasteiger partial charge is 0.481 e. The van der Waals surface area contributed by atoms with Crippen molar-refractivity contribution in [2.75, 3.05) is 89.0 Å². The van der Waals surface area contributed by atoms with E-state index in [0.29, 0.717) is 31.4 Å². The number of hydrogen-bond donors (Lipinski definition) is 7. The molecule has 0 spiro atoms. The molecule has 29 heteroatoms. The first-order valence-electron chi connectivity index (χ1n) is 28.1. The average molecular weight is 1240 g/mol. The van der Waals surface area contributed by atoms with Crippen LogP contribution in [0.15, 0.2) is 30.3 Å². The highest BCUT2D eigenvalue weighted by Gasteiger charge is 2.36. The van der Waals surface area contributed by atoms with Crippen molar-refractivity contribution >= 4 is 75.6 Å². The van der Waals surface area contributed by atoms with Crippen LogP contribution < -0.4 is 32.3 Å². The zero-order valence-corrected chi connectivity index (χ0v) is 53.7. The van der Waals surface area contributed by atoms with Crippen molar-refractivity contribution in [2.45, 2.75) is 145 Å². The van der Waals surface area contributed by atoms with Crippen LogP contribution in [0.1, 0.15) is 120 Å². The smallest absolute Gasteiger partial charge is 0.303 e. The summed E-state index contributed by atoms with van der Waals surface area (Å²) in [6.45, 7) is 14.0. The van der Waals surface area contributed by atoms with Gasteiger partial charge in [0.2, 0.25) is 69.6 Å². The Morgan fingerprint density at radius 2 is 0.841 bits per heavy atom. The number of unbranched alkanes of at least 4 members (excludes halogenated alkanes) is 1. The summed E-state index contributed by atoms with van der Waals surface area (Å²) in [7, 11) is -15.6. The quantitative estimate of drug-likeness (QED) is 0.0451. The van der Waals surface area contributed by atoms with Gasteiger partial charge in [0.25, 0.3) is 0 Å². The van der Waals surface area contributed by atoms with Crippen LogP contribution in [0.5, 0.6) is 0 Å². The van der Waals surface area contributed by atoms with Crippen LogP contribution in [0.2, 0.25) is 0 Å². The zero-order chi connectivity index (χ0) is 62.8. The third-order valence-electron chi connectivity index (χ3n) is 12.3. The topological polar surface area (TPSA) is 358 Å². The highest BCUT2D eigenvalue weighted by atomic mass is 32.2.